The summed E-state index contributed by atoms with van der Waals surface area (Å²) >= 11 is 5.85. The maximum absolute atomic E-state index is 5.85. The standard InChI is InChI=1S/C15H18ClNO/c1-11-3-8-15(18-11)12(2)17-10-9-13-4-6-14(16)7-5-13/h3-8,12,17H,9-10H2,1-2H3. The molecule has 2 nitrogen and oxygen atoms in total. The van der Waals surface area contributed by atoms with Gasteiger partial charge in [0, 0.05) is 5.02 Å². The lowest BCUT2D eigenvalue weighted by molar-refractivity contribution is 0.418. The summed E-state index contributed by atoms with van der Waals surface area (Å²) in [7, 11) is 0. The number of hydrogen-bond acceptors (Lipinski definition) is 2. The molecule has 1 unspecified atom stereocenters. The minimum atomic E-state index is 0.242. The van der Waals surface area contributed by atoms with Gasteiger partial charge in [-0.05, 0) is 56.6 Å². The van der Waals surface area contributed by atoms with Gasteiger partial charge >= 0.3 is 0 Å². The van der Waals surface area contributed by atoms with Gasteiger partial charge in [-0.2, -0.15) is 0 Å². The lowest BCUT2D eigenvalue weighted by atomic mass is 10.1. The molecule has 1 N–H and O–H groups in total. The van der Waals surface area contributed by atoms with Crippen LogP contribution in [0.1, 0.15) is 30.0 Å². The highest BCUT2D eigenvalue weighted by atomic mass is 35.5. The zero-order valence-electron chi connectivity index (χ0n) is 10.7. The Balaban J connectivity index is 1.80. The molecule has 0 aliphatic carbocycles. The van der Waals surface area contributed by atoms with Crippen LogP contribution in [-0.2, 0) is 6.42 Å². The third-order valence-corrected chi connectivity index (χ3v) is 3.22. The Bertz CT molecular complexity index is 489. The highest BCUT2D eigenvalue weighted by Crippen LogP contribution is 2.15. The van der Waals surface area contributed by atoms with Gasteiger partial charge in [0.2, 0.25) is 0 Å². The molecule has 3 heteroatoms. The first kappa shape index (κ1) is 13.2. The third kappa shape index (κ3) is 3.62. The van der Waals surface area contributed by atoms with E-state index >= 15 is 0 Å². The van der Waals surface area contributed by atoms with Gasteiger partial charge in [-0.1, -0.05) is 23.7 Å². The van der Waals surface area contributed by atoms with Gasteiger partial charge in [0.05, 0.1) is 6.04 Å². The first-order chi connectivity index (χ1) is 8.65. The second-order valence-electron chi connectivity index (χ2n) is 4.50. The molecule has 0 radical (unpaired) electrons. The third-order valence-electron chi connectivity index (χ3n) is 2.97. The first-order valence-corrected chi connectivity index (χ1v) is 6.57. The summed E-state index contributed by atoms with van der Waals surface area (Å²) in [5.74, 6) is 1.94. The van der Waals surface area contributed by atoms with Crippen LogP contribution < -0.4 is 5.32 Å². The normalized spacial score (nSPS) is 12.6. The lowest BCUT2D eigenvalue weighted by Crippen LogP contribution is -2.20. The van der Waals surface area contributed by atoms with Crippen molar-refractivity contribution in [3.63, 3.8) is 0 Å². The number of nitrogens with one attached hydrogen (secondary N) is 1. The molecule has 0 saturated carbocycles. The molecule has 1 heterocycles. The molecule has 0 aliphatic rings. The molecule has 2 aromatic rings. The van der Waals surface area contributed by atoms with Crippen LogP contribution in [0.5, 0.6) is 0 Å². The highest BCUT2D eigenvalue weighted by molar-refractivity contribution is 6.30. The number of rotatable bonds is 5. The lowest BCUT2D eigenvalue weighted by Gasteiger charge is -2.11. The van der Waals surface area contributed by atoms with E-state index in [-0.39, 0.29) is 6.04 Å². The molecular formula is C15H18ClNO. The summed E-state index contributed by atoms with van der Waals surface area (Å²) in [6, 6.07) is 12.2. The van der Waals surface area contributed by atoms with Crippen LogP contribution in [0.2, 0.25) is 5.02 Å². The van der Waals surface area contributed by atoms with Gasteiger partial charge in [-0.15, -0.1) is 0 Å². The van der Waals surface area contributed by atoms with Crippen molar-refractivity contribution in [1.82, 2.24) is 5.32 Å². The second-order valence-corrected chi connectivity index (χ2v) is 4.94. The van der Waals surface area contributed by atoms with Crippen molar-refractivity contribution < 1.29 is 4.42 Å². The molecule has 1 aromatic carbocycles. The number of benzene rings is 1. The largest absolute Gasteiger partial charge is 0.465 e. The van der Waals surface area contributed by atoms with E-state index in [9.17, 15) is 0 Å². The van der Waals surface area contributed by atoms with Crippen LogP contribution in [0, 0.1) is 6.92 Å². The van der Waals surface area contributed by atoms with Gasteiger partial charge in [-0.25, -0.2) is 0 Å². The molecule has 1 atom stereocenters. The predicted octanol–water partition coefficient (Wildman–Crippen LogP) is 4.13. The average molecular weight is 264 g/mol. The second kappa shape index (κ2) is 6.07. The minimum Gasteiger partial charge on any atom is -0.465 e. The molecule has 0 aliphatic heterocycles. The molecule has 2 rings (SSSR count). The molecule has 0 bridgehead atoms. The topological polar surface area (TPSA) is 25.2 Å². The zero-order chi connectivity index (χ0) is 13.0. The van der Waals surface area contributed by atoms with Crippen molar-refractivity contribution >= 4 is 11.6 Å². The average Bonchev–Trinajstić information content (AvgIpc) is 2.78. The summed E-state index contributed by atoms with van der Waals surface area (Å²) in [6.45, 7) is 4.99. The van der Waals surface area contributed by atoms with E-state index in [2.05, 4.69) is 24.4 Å². The highest BCUT2D eigenvalue weighted by Gasteiger charge is 2.08. The van der Waals surface area contributed by atoms with Crippen LogP contribution in [0.4, 0.5) is 0 Å². The smallest absolute Gasteiger partial charge is 0.120 e. The molecule has 18 heavy (non-hydrogen) atoms. The van der Waals surface area contributed by atoms with E-state index < -0.39 is 0 Å². The molecule has 0 saturated heterocycles. The van der Waals surface area contributed by atoms with Crippen LogP contribution in [0.25, 0.3) is 0 Å². The maximum Gasteiger partial charge on any atom is 0.120 e. The van der Waals surface area contributed by atoms with Crippen molar-refractivity contribution in [3.05, 3.63) is 58.5 Å². The van der Waals surface area contributed by atoms with Gasteiger partial charge < -0.3 is 9.73 Å². The quantitative estimate of drug-likeness (QED) is 0.877. The molecule has 0 amide bonds. The van der Waals surface area contributed by atoms with Gasteiger partial charge in [-0.3, -0.25) is 0 Å². The number of hydrogen-bond donors (Lipinski definition) is 1. The summed E-state index contributed by atoms with van der Waals surface area (Å²) < 4.78 is 5.58. The first-order valence-electron chi connectivity index (χ1n) is 6.19. The summed E-state index contributed by atoms with van der Waals surface area (Å²) in [5, 5.41) is 4.23. The Morgan fingerprint density at radius 2 is 1.89 bits per heavy atom. The Hall–Kier alpha value is -1.25. The Morgan fingerprint density at radius 1 is 1.17 bits per heavy atom. The predicted molar refractivity (Wildman–Crippen MR) is 75.0 cm³/mol. The Kier molecular flexibility index (Phi) is 4.45. The fourth-order valence-corrected chi connectivity index (χ4v) is 2.00. The van der Waals surface area contributed by atoms with Gasteiger partial charge in [0.15, 0.2) is 0 Å². The summed E-state index contributed by atoms with van der Waals surface area (Å²) in [4.78, 5) is 0. The monoisotopic (exact) mass is 263 g/mol. The van der Waals surface area contributed by atoms with E-state index in [0.29, 0.717) is 0 Å². The van der Waals surface area contributed by atoms with E-state index in [1.54, 1.807) is 0 Å². The fourth-order valence-electron chi connectivity index (χ4n) is 1.87. The molecule has 1 aromatic heterocycles. The number of halogens is 1. The number of aryl methyl sites for hydroxylation is 1. The fraction of sp³-hybridized carbons (Fsp3) is 0.333. The molecule has 0 fully saturated rings. The van der Waals surface area contributed by atoms with Crippen molar-refractivity contribution in [2.75, 3.05) is 6.54 Å². The van der Waals surface area contributed by atoms with Crippen LogP contribution in [-0.4, -0.2) is 6.54 Å². The number of furan rings is 1. The van der Waals surface area contributed by atoms with E-state index in [0.717, 1.165) is 29.5 Å². The van der Waals surface area contributed by atoms with Crippen LogP contribution in [0.15, 0.2) is 40.8 Å². The molecule has 96 valence electrons. The molecule has 0 spiro atoms. The summed E-state index contributed by atoms with van der Waals surface area (Å²) in [5.41, 5.74) is 1.29. The van der Waals surface area contributed by atoms with Gasteiger partial charge in [0.1, 0.15) is 11.5 Å². The van der Waals surface area contributed by atoms with Crippen molar-refractivity contribution in [3.8, 4) is 0 Å². The van der Waals surface area contributed by atoms with E-state index in [1.807, 2.05) is 31.2 Å². The minimum absolute atomic E-state index is 0.242. The van der Waals surface area contributed by atoms with Crippen LogP contribution >= 0.6 is 11.6 Å². The molecular weight excluding hydrogens is 246 g/mol. The zero-order valence-corrected chi connectivity index (χ0v) is 11.5. The maximum atomic E-state index is 5.85. The Labute approximate surface area is 113 Å². The van der Waals surface area contributed by atoms with E-state index in [1.165, 1.54) is 5.56 Å². The van der Waals surface area contributed by atoms with Crippen molar-refractivity contribution in [1.29, 1.82) is 0 Å². The van der Waals surface area contributed by atoms with E-state index in [4.69, 9.17) is 16.0 Å². The summed E-state index contributed by atoms with van der Waals surface area (Å²) in [6.07, 6.45) is 0.987. The Morgan fingerprint density at radius 3 is 2.50 bits per heavy atom. The van der Waals surface area contributed by atoms with Crippen molar-refractivity contribution in [2.24, 2.45) is 0 Å². The van der Waals surface area contributed by atoms with Crippen LogP contribution in [0.3, 0.4) is 0 Å². The SMILES string of the molecule is Cc1ccc(C(C)NCCc2ccc(Cl)cc2)o1. The van der Waals surface area contributed by atoms with Gasteiger partial charge in [0.25, 0.3) is 0 Å². The van der Waals surface area contributed by atoms with Crippen molar-refractivity contribution in [2.45, 2.75) is 26.3 Å².